The number of aromatic nitrogens is 2. The summed E-state index contributed by atoms with van der Waals surface area (Å²) in [5.41, 5.74) is 6.89. The van der Waals surface area contributed by atoms with E-state index in [0.717, 1.165) is 5.52 Å². The number of primary amides is 1. The third-order valence-corrected chi connectivity index (χ3v) is 3.10. The molecule has 0 bridgehead atoms. The smallest absolute Gasteiger partial charge is 0.312 e. The van der Waals surface area contributed by atoms with E-state index in [4.69, 9.17) is 17.3 Å². The fourth-order valence-electron chi connectivity index (χ4n) is 1.94. The van der Waals surface area contributed by atoms with Crippen molar-refractivity contribution in [3.8, 4) is 0 Å². The van der Waals surface area contributed by atoms with E-state index in [1.807, 2.05) is 4.57 Å². The predicted octanol–water partition coefficient (Wildman–Crippen LogP) is 1.89. The normalized spacial score (nSPS) is 10.9. The number of amides is 2. The van der Waals surface area contributed by atoms with Crippen molar-refractivity contribution in [1.29, 1.82) is 0 Å². The number of carbonyl (C=O) groups excluding carboxylic acids is 1. The summed E-state index contributed by atoms with van der Waals surface area (Å²) in [6.45, 7) is 2.53. The van der Waals surface area contributed by atoms with E-state index in [9.17, 15) is 9.18 Å². The Morgan fingerprint density at radius 1 is 1.58 bits per heavy atom. The second-order valence-corrected chi connectivity index (χ2v) is 4.46. The van der Waals surface area contributed by atoms with Crippen LogP contribution in [-0.4, -0.2) is 22.1 Å². The Morgan fingerprint density at radius 2 is 2.32 bits per heavy atom. The summed E-state index contributed by atoms with van der Waals surface area (Å²) in [4.78, 5) is 14.9. The number of fused-ring (bicyclic) bond motifs is 1. The molecule has 0 aliphatic carbocycles. The van der Waals surface area contributed by atoms with Crippen LogP contribution in [0.1, 0.15) is 11.4 Å². The Morgan fingerprint density at radius 3 is 2.95 bits per heavy atom. The van der Waals surface area contributed by atoms with Gasteiger partial charge in [0.15, 0.2) is 0 Å². The van der Waals surface area contributed by atoms with Gasteiger partial charge in [0.2, 0.25) is 0 Å². The quantitative estimate of drug-likeness (QED) is 0.842. The monoisotopic (exact) mass is 284 g/mol. The highest BCUT2D eigenvalue weighted by atomic mass is 35.5. The van der Waals surface area contributed by atoms with Gasteiger partial charge in [-0.05, 0) is 18.6 Å². The van der Waals surface area contributed by atoms with Crippen molar-refractivity contribution in [3.05, 3.63) is 29.3 Å². The largest absolute Gasteiger partial charge is 0.352 e. The van der Waals surface area contributed by atoms with Crippen LogP contribution in [-0.2, 0) is 12.4 Å². The molecule has 0 atom stereocenters. The molecule has 0 aliphatic heterocycles. The van der Waals surface area contributed by atoms with E-state index in [1.54, 1.807) is 13.0 Å². The highest BCUT2D eigenvalue weighted by Crippen LogP contribution is 2.21. The molecule has 0 fully saturated rings. The van der Waals surface area contributed by atoms with Crippen LogP contribution in [0.3, 0.4) is 0 Å². The first-order chi connectivity index (χ1) is 9.02. The van der Waals surface area contributed by atoms with Crippen LogP contribution < -0.4 is 11.1 Å². The van der Waals surface area contributed by atoms with Gasteiger partial charge < -0.3 is 15.6 Å². The van der Waals surface area contributed by atoms with Gasteiger partial charge in [-0.25, -0.2) is 14.2 Å². The molecule has 5 nitrogen and oxygen atoms in total. The molecule has 1 aromatic heterocycles. The molecule has 0 radical (unpaired) electrons. The van der Waals surface area contributed by atoms with E-state index in [1.165, 1.54) is 6.07 Å². The highest BCUT2D eigenvalue weighted by molar-refractivity contribution is 6.16. The van der Waals surface area contributed by atoms with Crippen LogP contribution in [0.25, 0.3) is 11.0 Å². The number of nitrogens with zero attached hydrogens (tertiary/aromatic N) is 2. The molecule has 2 rings (SSSR count). The van der Waals surface area contributed by atoms with Gasteiger partial charge in [0, 0.05) is 19.2 Å². The van der Waals surface area contributed by atoms with Gasteiger partial charge in [-0.2, -0.15) is 0 Å². The van der Waals surface area contributed by atoms with Crippen LogP contribution >= 0.6 is 11.6 Å². The molecular weight excluding hydrogens is 271 g/mol. The third kappa shape index (κ3) is 2.78. The minimum Gasteiger partial charge on any atom is -0.352 e. The fraction of sp³-hybridized carbons (Fsp3) is 0.333. The Bertz CT molecular complexity index is 626. The van der Waals surface area contributed by atoms with Gasteiger partial charge in [-0.15, -0.1) is 11.6 Å². The van der Waals surface area contributed by atoms with Gasteiger partial charge in [-0.1, -0.05) is 0 Å². The van der Waals surface area contributed by atoms with E-state index < -0.39 is 6.03 Å². The number of hydrogen-bond acceptors (Lipinski definition) is 2. The molecule has 0 saturated heterocycles. The maximum Gasteiger partial charge on any atom is 0.312 e. The maximum absolute atomic E-state index is 13.5. The van der Waals surface area contributed by atoms with Crippen molar-refractivity contribution in [2.45, 2.75) is 19.3 Å². The molecule has 0 unspecified atom stereocenters. The first kappa shape index (κ1) is 13.6. The zero-order valence-corrected chi connectivity index (χ0v) is 11.2. The third-order valence-electron chi connectivity index (χ3n) is 2.86. The van der Waals surface area contributed by atoms with Gasteiger partial charge in [0.1, 0.15) is 11.6 Å². The van der Waals surface area contributed by atoms with Crippen LogP contribution in [0.4, 0.5) is 9.18 Å². The maximum atomic E-state index is 13.5. The number of rotatable bonds is 4. The van der Waals surface area contributed by atoms with Crippen LogP contribution in [0, 0.1) is 12.7 Å². The highest BCUT2D eigenvalue weighted by Gasteiger charge is 2.12. The molecule has 3 N–H and O–H groups in total. The second-order valence-electron chi connectivity index (χ2n) is 4.19. The average molecular weight is 285 g/mol. The van der Waals surface area contributed by atoms with Crippen LogP contribution in [0.2, 0.25) is 0 Å². The van der Waals surface area contributed by atoms with E-state index in [2.05, 4.69) is 10.3 Å². The fourth-order valence-corrected chi connectivity index (χ4v) is 2.15. The van der Waals surface area contributed by atoms with Gasteiger partial charge in [0.05, 0.1) is 16.9 Å². The standard InChI is InChI=1S/C12H14ClFN4O/c1-7-4-10-9(5-8(7)14)17-11(6-13)18(10)3-2-16-12(15)19/h4-5H,2-3,6H2,1H3,(H3,15,16,19). The zero-order chi connectivity index (χ0) is 14.0. The number of nitrogens with two attached hydrogens (primary N) is 1. The van der Waals surface area contributed by atoms with Crippen molar-refractivity contribution in [1.82, 2.24) is 14.9 Å². The van der Waals surface area contributed by atoms with Crippen molar-refractivity contribution in [2.24, 2.45) is 5.73 Å². The van der Waals surface area contributed by atoms with Crippen molar-refractivity contribution < 1.29 is 9.18 Å². The number of aryl methyl sites for hydroxylation is 1. The van der Waals surface area contributed by atoms with Gasteiger partial charge >= 0.3 is 6.03 Å². The number of nitrogens with one attached hydrogen (secondary N) is 1. The Kier molecular flexibility index (Phi) is 3.90. The Labute approximate surface area is 114 Å². The zero-order valence-electron chi connectivity index (χ0n) is 10.4. The number of carbonyl (C=O) groups is 1. The average Bonchev–Trinajstić information content (AvgIpc) is 2.67. The molecule has 0 aliphatic rings. The molecule has 0 saturated carbocycles. The number of benzene rings is 1. The lowest BCUT2D eigenvalue weighted by atomic mass is 10.2. The minimum absolute atomic E-state index is 0.214. The second kappa shape index (κ2) is 5.44. The number of halogens is 2. The van der Waals surface area contributed by atoms with Crippen molar-refractivity contribution in [3.63, 3.8) is 0 Å². The molecule has 102 valence electrons. The first-order valence-electron chi connectivity index (χ1n) is 5.77. The summed E-state index contributed by atoms with van der Waals surface area (Å²) < 4.78 is 15.3. The lowest BCUT2D eigenvalue weighted by Gasteiger charge is -2.08. The summed E-state index contributed by atoms with van der Waals surface area (Å²) in [5.74, 6) is 0.549. The van der Waals surface area contributed by atoms with Crippen molar-refractivity contribution in [2.75, 3.05) is 6.54 Å². The molecule has 2 amide bonds. The molecule has 19 heavy (non-hydrogen) atoms. The topological polar surface area (TPSA) is 72.9 Å². The van der Waals surface area contributed by atoms with Crippen molar-refractivity contribution >= 4 is 28.7 Å². The Hall–Kier alpha value is -1.82. The first-order valence-corrected chi connectivity index (χ1v) is 6.31. The van der Waals surface area contributed by atoms with Crippen LogP contribution in [0.5, 0.6) is 0 Å². The number of urea groups is 1. The summed E-state index contributed by atoms with van der Waals surface area (Å²) in [7, 11) is 0. The summed E-state index contributed by atoms with van der Waals surface area (Å²) in [6, 6.07) is 2.52. The molecule has 1 heterocycles. The summed E-state index contributed by atoms with van der Waals surface area (Å²) >= 11 is 5.84. The molecular formula is C12H14ClFN4O. The summed E-state index contributed by atoms with van der Waals surface area (Å²) in [5, 5.41) is 2.50. The Balaban J connectivity index is 2.39. The number of hydrogen-bond donors (Lipinski definition) is 2. The molecule has 7 heteroatoms. The molecule has 2 aromatic rings. The molecule has 1 aromatic carbocycles. The SMILES string of the molecule is Cc1cc2c(cc1F)nc(CCl)n2CCNC(N)=O. The summed E-state index contributed by atoms with van der Waals surface area (Å²) in [6.07, 6.45) is 0. The van der Waals surface area contributed by atoms with E-state index in [-0.39, 0.29) is 11.7 Å². The number of alkyl halides is 1. The van der Waals surface area contributed by atoms with E-state index in [0.29, 0.717) is 30.0 Å². The lowest BCUT2D eigenvalue weighted by molar-refractivity contribution is 0.248. The van der Waals surface area contributed by atoms with Gasteiger partial charge in [0.25, 0.3) is 0 Å². The van der Waals surface area contributed by atoms with Gasteiger partial charge in [-0.3, -0.25) is 0 Å². The number of imidazole rings is 1. The van der Waals surface area contributed by atoms with E-state index >= 15 is 0 Å². The van der Waals surface area contributed by atoms with Crippen LogP contribution in [0.15, 0.2) is 12.1 Å². The minimum atomic E-state index is -0.584. The lowest BCUT2D eigenvalue weighted by Crippen LogP contribution is -2.32. The predicted molar refractivity (Wildman–Crippen MR) is 71.6 cm³/mol. The molecule has 0 spiro atoms.